The molecular weight excluding hydrogens is 256 g/mol. The standard InChI is InChI=1S/C10H20N4O3S/c1-7-10(8(2)13-12-7)18(15,16)14-9(6-11)4-5-17-3/h9,14H,4-6,11H2,1-3H3,(H,12,13). The molecule has 0 aliphatic heterocycles. The number of sulfonamides is 1. The summed E-state index contributed by atoms with van der Waals surface area (Å²) in [6.45, 7) is 3.98. The summed E-state index contributed by atoms with van der Waals surface area (Å²) in [6, 6.07) is -0.344. The second kappa shape index (κ2) is 6.28. The first kappa shape index (κ1) is 15.1. The number of nitrogens with two attached hydrogens (primary N) is 1. The molecule has 0 aromatic carbocycles. The van der Waals surface area contributed by atoms with Crippen LogP contribution in [0.2, 0.25) is 0 Å². The van der Waals surface area contributed by atoms with E-state index in [1.54, 1.807) is 21.0 Å². The quantitative estimate of drug-likeness (QED) is 0.631. The Morgan fingerprint density at radius 1 is 1.50 bits per heavy atom. The summed E-state index contributed by atoms with van der Waals surface area (Å²) in [6.07, 6.45) is 0.530. The first-order valence-electron chi connectivity index (χ1n) is 5.65. The smallest absolute Gasteiger partial charge is 0.244 e. The largest absolute Gasteiger partial charge is 0.385 e. The van der Waals surface area contributed by atoms with E-state index in [-0.39, 0.29) is 17.5 Å². The van der Waals surface area contributed by atoms with Gasteiger partial charge in [0.05, 0.1) is 11.4 Å². The summed E-state index contributed by atoms with van der Waals surface area (Å²) in [4.78, 5) is 0.193. The molecule has 1 aromatic heterocycles. The molecule has 0 aliphatic rings. The van der Waals surface area contributed by atoms with Crippen molar-refractivity contribution in [1.82, 2.24) is 14.9 Å². The van der Waals surface area contributed by atoms with Crippen molar-refractivity contribution in [2.75, 3.05) is 20.3 Å². The van der Waals surface area contributed by atoms with Gasteiger partial charge in [-0.05, 0) is 20.3 Å². The van der Waals surface area contributed by atoms with Gasteiger partial charge in [0.2, 0.25) is 10.0 Å². The molecule has 1 aromatic rings. The van der Waals surface area contributed by atoms with Crippen molar-refractivity contribution >= 4 is 10.0 Å². The minimum Gasteiger partial charge on any atom is -0.385 e. The van der Waals surface area contributed by atoms with Crippen LogP contribution in [-0.4, -0.2) is 44.9 Å². The van der Waals surface area contributed by atoms with Crippen molar-refractivity contribution in [2.45, 2.75) is 31.2 Å². The molecule has 0 saturated heterocycles. The van der Waals surface area contributed by atoms with Crippen LogP contribution in [-0.2, 0) is 14.8 Å². The van der Waals surface area contributed by atoms with Crippen molar-refractivity contribution in [3.8, 4) is 0 Å². The third-order valence-corrected chi connectivity index (χ3v) is 4.39. The van der Waals surface area contributed by atoms with Gasteiger partial charge in [-0.25, -0.2) is 13.1 Å². The van der Waals surface area contributed by atoms with Gasteiger partial charge in [-0.1, -0.05) is 0 Å². The molecule has 18 heavy (non-hydrogen) atoms. The van der Waals surface area contributed by atoms with Crippen LogP contribution in [0.4, 0.5) is 0 Å². The molecule has 7 nitrogen and oxygen atoms in total. The molecule has 0 aliphatic carbocycles. The Kier molecular flexibility index (Phi) is 5.27. The summed E-state index contributed by atoms with van der Waals surface area (Å²) in [7, 11) is -2.04. The highest BCUT2D eigenvalue weighted by Gasteiger charge is 2.24. The van der Waals surface area contributed by atoms with E-state index in [0.29, 0.717) is 24.4 Å². The molecule has 0 amide bonds. The number of hydrogen-bond donors (Lipinski definition) is 3. The Morgan fingerprint density at radius 3 is 2.61 bits per heavy atom. The van der Waals surface area contributed by atoms with Gasteiger partial charge in [0.25, 0.3) is 0 Å². The number of aromatic amines is 1. The zero-order valence-electron chi connectivity index (χ0n) is 10.9. The molecule has 1 heterocycles. The average molecular weight is 276 g/mol. The number of methoxy groups -OCH3 is 1. The third kappa shape index (κ3) is 3.52. The number of ether oxygens (including phenoxy) is 1. The maximum Gasteiger partial charge on any atom is 0.244 e. The summed E-state index contributed by atoms with van der Waals surface area (Å²) in [5, 5.41) is 6.53. The molecular formula is C10H20N4O3S. The van der Waals surface area contributed by atoms with Crippen molar-refractivity contribution in [3.05, 3.63) is 11.4 Å². The first-order valence-corrected chi connectivity index (χ1v) is 7.13. The van der Waals surface area contributed by atoms with Crippen LogP contribution >= 0.6 is 0 Å². The van der Waals surface area contributed by atoms with Crippen LogP contribution in [0.1, 0.15) is 17.8 Å². The number of aromatic nitrogens is 2. The molecule has 4 N–H and O–H groups in total. The summed E-state index contributed by atoms with van der Waals surface area (Å²) >= 11 is 0. The molecule has 0 bridgehead atoms. The van der Waals surface area contributed by atoms with Crippen molar-refractivity contribution < 1.29 is 13.2 Å². The highest BCUT2D eigenvalue weighted by atomic mass is 32.2. The minimum atomic E-state index is -3.60. The number of aryl methyl sites for hydroxylation is 2. The lowest BCUT2D eigenvalue weighted by Gasteiger charge is -2.16. The lowest BCUT2D eigenvalue weighted by atomic mass is 10.2. The molecule has 0 fully saturated rings. The summed E-state index contributed by atoms with van der Waals surface area (Å²) < 4.78 is 31.9. The van der Waals surface area contributed by atoms with Gasteiger partial charge in [-0.3, -0.25) is 5.10 Å². The third-order valence-electron chi connectivity index (χ3n) is 2.61. The van der Waals surface area contributed by atoms with Gasteiger partial charge in [-0.15, -0.1) is 0 Å². The Morgan fingerprint density at radius 2 is 2.17 bits per heavy atom. The van der Waals surface area contributed by atoms with E-state index >= 15 is 0 Å². The van der Waals surface area contributed by atoms with Crippen molar-refractivity contribution in [3.63, 3.8) is 0 Å². The average Bonchev–Trinajstić information content (AvgIpc) is 2.64. The number of rotatable bonds is 7. The minimum absolute atomic E-state index is 0.193. The predicted octanol–water partition coefficient (Wildman–Crippen LogP) is -0.331. The second-order valence-electron chi connectivity index (χ2n) is 4.10. The molecule has 0 spiro atoms. The monoisotopic (exact) mass is 276 g/mol. The zero-order valence-corrected chi connectivity index (χ0v) is 11.7. The molecule has 8 heteroatoms. The summed E-state index contributed by atoms with van der Waals surface area (Å²) in [5.74, 6) is 0. The number of hydrogen-bond acceptors (Lipinski definition) is 5. The molecule has 0 saturated carbocycles. The number of nitrogens with one attached hydrogen (secondary N) is 2. The molecule has 0 radical (unpaired) electrons. The fraction of sp³-hybridized carbons (Fsp3) is 0.700. The van der Waals surface area contributed by atoms with Gasteiger partial charge in [-0.2, -0.15) is 5.10 Å². The first-order chi connectivity index (χ1) is 8.42. The Hall–Kier alpha value is -0.960. The van der Waals surface area contributed by atoms with Crippen LogP contribution in [0, 0.1) is 13.8 Å². The van der Waals surface area contributed by atoms with E-state index in [4.69, 9.17) is 10.5 Å². The van der Waals surface area contributed by atoms with Crippen molar-refractivity contribution in [1.29, 1.82) is 0 Å². The van der Waals surface area contributed by atoms with E-state index < -0.39 is 10.0 Å². The second-order valence-corrected chi connectivity index (χ2v) is 5.75. The van der Waals surface area contributed by atoms with Gasteiger partial charge in [0, 0.05) is 26.3 Å². The van der Waals surface area contributed by atoms with Gasteiger partial charge < -0.3 is 10.5 Å². The van der Waals surface area contributed by atoms with E-state index in [0.717, 1.165) is 0 Å². The fourth-order valence-electron chi connectivity index (χ4n) is 1.70. The van der Waals surface area contributed by atoms with E-state index in [1.165, 1.54) is 0 Å². The van der Waals surface area contributed by atoms with Gasteiger partial charge in [0.1, 0.15) is 4.90 Å². The lowest BCUT2D eigenvalue weighted by Crippen LogP contribution is -2.41. The van der Waals surface area contributed by atoms with Crippen LogP contribution in [0.25, 0.3) is 0 Å². The highest BCUT2D eigenvalue weighted by molar-refractivity contribution is 7.89. The SMILES string of the molecule is COCCC(CN)NS(=O)(=O)c1c(C)n[nH]c1C. The van der Waals surface area contributed by atoms with Crippen LogP contribution in [0.5, 0.6) is 0 Å². The lowest BCUT2D eigenvalue weighted by molar-refractivity contribution is 0.186. The molecule has 104 valence electrons. The fourth-order valence-corrected chi connectivity index (χ4v) is 3.35. The van der Waals surface area contributed by atoms with Crippen LogP contribution in [0.3, 0.4) is 0 Å². The zero-order chi connectivity index (χ0) is 13.8. The number of nitrogens with zero attached hydrogens (tertiary/aromatic N) is 1. The van der Waals surface area contributed by atoms with Crippen LogP contribution < -0.4 is 10.5 Å². The molecule has 1 unspecified atom stereocenters. The van der Waals surface area contributed by atoms with E-state index in [1.807, 2.05) is 0 Å². The van der Waals surface area contributed by atoms with Crippen molar-refractivity contribution in [2.24, 2.45) is 5.73 Å². The Labute approximate surface area is 107 Å². The maximum absolute atomic E-state index is 12.2. The normalized spacial score (nSPS) is 13.8. The van der Waals surface area contributed by atoms with Gasteiger partial charge in [0.15, 0.2) is 0 Å². The van der Waals surface area contributed by atoms with Gasteiger partial charge >= 0.3 is 0 Å². The van der Waals surface area contributed by atoms with Crippen LogP contribution in [0.15, 0.2) is 4.90 Å². The summed E-state index contributed by atoms with van der Waals surface area (Å²) in [5.41, 5.74) is 6.51. The highest BCUT2D eigenvalue weighted by Crippen LogP contribution is 2.16. The molecule has 1 atom stereocenters. The Balaban J connectivity index is 2.87. The molecule has 1 rings (SSSR count). The van der Waals surface area contributed by atoms with E-state index in [9.17, 15) is 8.42 Å². The maximum atomic E-state index is 12.2. The number of H-pyrrole nitrogens is 1. The van der Waals surface area contributed by atoms with E-state index in [2.05, 4.69) is 14.9 Å². The Bertz CT molecular complexity index is 464. The predicted molar refractivity (Wildman–Crippen MR) is 67.7 cm³/mol. The topological polar surface area (TPSA) is 110 Å².